The van der Waals surface area contributed by atoms with Crippen LogP contribution in [0.2, 0.25) is 0 Å². The number of ether oxygens (including phenoxy) is 2. The number of benzene rings is 2. The van der Waals surface area contributed by atoms with Crippen molar-refractivity contribution in [3.8, 4) is 5.75 Å². The van der Waals surface area contributed by atoms with Crippen molar-refractivity contribution in [1.29, 1.82) is 0 Å². The Morgan fingerprint density at radius 2 is 1.86 bits per heavy atom. The molecule has 2 aromatic carbocycles. The number of nitrogens with one attached hydrogen (secondary N) is 1. The van der Waals surface area contributed by atoms with Crippen LogP contribution in [-0.4, -0.2) is 35.2 Å². The first-order valence-corrected chi connectivity index (χ1v) is 10.1. The molecule has 1 amide bonds. The van der Waals surface area contributed by atoms with E-state index >= 15 is 0 Å². The molecule has 0 radical (unpaired) electrons. The molecule has 0 saturated heterocycles. The van der Waals surface area contributed by atoms with E-state index in [1.807, 2.05) is 59.2 Å². The predicted molar refractivity (Wildman–Crippen MR) is 114 cm³/mol. The van der Waals surface area contributed by atoms with Crippen LogP contribution in [0.15, 0.2) is 54.6 Å². The second-order valence-electron chi connectivity index (χ2n) is 7.38. The Morgan fingerprint density at radius 3 is 2.66 bits per heavy atom. The van der Waals surface area contributed by atoms with Crippen molar-refractivity contribution < 1.29 is 14.3 Å². The maximum atomic E-state index is 12.5. The van der Waals surface area contributed by atoms with Gasteiger partial charge < -0.3 is 19.4 Å². The highest BCUT2D eigenvalue weighted by Gasteiger charge is 2.14. The van der Waals surface area contributed by atoms with E-state index in [-0.39, 0.29) is 12.5 Å². The molecule has 154 valence electrons. The van der Waals surface area contributed by atoms with E-state index in [0.717, 1.165) is 35.6 Å². The lowest BCUT2D eigenvalue weighted by atomic mass is 10.2. The topological polar surface area (TPSA) is 65.4 Å². The van der Waals surface area contributed by atoms with Gasteiger partial charge in [-0.25, -0.2) is 4.98 Å². The number of fused-ring (bicyclic) bond motifs is 1. The van der Waals surface area contributed by atoms with Crippen LogP contribution in [0.4, 0.5) is 0 Å². The van der Waals surface area contributed by atoms with Gasteiger partial charge in [0, 0.05) is 19.8 Å². The number of hydrogen-bond acceptors (Lipinski definition) is 4. The molecule has 6 nitrogen and oxygen atoms in total. The van der Waals surface area contributed by atoms with Gasteiger partial charge in [-0.05, 0) is 36.6 Å². The van der Waals surface area contributed by atoms with E-state index in [0.29, 0.717) is 25.7 Å². The number of carbonyl (C=O) groups is 1. The van der Waals surface area contributed by atoms with Crippen LogP contribution >= 0.6 is 0 Å². The molecule has 0 aliphatic rings. The van der Waals surface area contributed by atoms with Crippen LogP contribution in [0.3, 0.4) is 0 Å². The van der Waals surface area contributed by atoms with Crippen LogP contribution in [0, 0.1) is 5.92 Å². The lowest BCUT2D eigenvalue weighted by Crippen LogP contribution is -2.29. The Labute approximate surface area is 171 Å². The first kappa shape index (κ1) is 20.9. The van der Waals surface area contributed by atoms with E-state index in [1.165, 1.54) is 0 Å². The van der Waals surface area contributed by atoms with Crippen molar-refractivity contribution in [1.82, 2.24) is 14.9 Å². The zero-order valence-electron chi connectivity index (χ0n) is 17.1. The molecule has 3 aromatic rings. The van der Waals surface area contributed by atoms with Crippen LogP contribution in [0.1, 0.15) is 26.1 Å². The Kier molecular flexibility index (Phi) is 7.64. The van der Waals surface area contributed by atoms with Crippen molar-refractivity contribution >= 4 is 16.9 Å². The van der Waals surface area contributed by atoms with Crippen LogP contribution in [0.25, 0.3) is 11.0 Å². The van der Waals surface area contributed by atoms with Crippen LogP contribution in [0.5, 0.6) is 5.75 Å². The molecule has 0 spiro atoms. The molecule has 1 heterocycles. The SMILES string of the molecule is CC(C)COCCCNC(=O)Cn1c(COc2ccccc2)nc2ccccc21. The fraction of sp³-hybridized carbons (Fsp3) is 0.391. The second kappa shape index (κ2) is 10.6. The molecule has 0 bridgehead atoms. The summed E-state index contributed by atoms with van der Waals surface area (Å²) < 4.78 is 13.3. The summed E-state index contributed by atoms with van der Waals surface area (Å²) in [5.41, 5.74) is 1.78. The van der Waals surface area contributed by atoms with E-state index < -0.39 is 0 Å². The highest BCUT2D eigenvalue weighted by Crippen LogP contribution is 2.18. The molecule has 0 atom stereocenters. The summed E-state index contributed by atoms with van der Waals surface area (Å²) in [6, 6.07) is 17.4. The molecule has 29 heavy (non-hydrogen) atoms. The van der Waals surface area contributed by atoms with Gasteiger partial charge in [-0.15, -0.1) is 0 Å². The highest BCUT2D eigenvalue weighted by molar-refractivity contribution is 5.81. The summed E-state index contributed by atoms with van der Waals surface area (Å²) in [6.07, 6.45) is 0.799. The normalized spacial score (nSPS) is 11.1. The minimum atomic E-state index is -0.0435. The lowest BCUT2D eigenvalue weighted by molar-refractivity contribution is -0.121. The number of hydrogen-bond donors (Lipinski definition) is 1. The number of carbonyl (C=O) groups excluding carboxylic acids is 1. The summed E-state index contributed by atoms with van der Waals surface area (Å²) >= 11 is 0. The molecule has 0 aliphatic carbocycles. The van der Waals surface area contributed by atoms with Gasteiger partial charge in [0.25, 0.3) is 0 Å². The summed E-state index contributed by atoms with van der Waals surface area (Å²) in [7, 11) is 0. The molecule has 0 unspecified atom stereocenters. The van der Waals surface area contributed by atoms with Crippen LogP contribution in [-0.2, 0) is 22.7 Å². The second-order valence-corrected chi connectivity index (χ2v) is 7.38. The molecule has 1 aromatic heterocycles. The maximum Gasteiger partial charge on any atom is 0.240 e. The van der Waals surface area contributed by atoms with Gasteiger partial charge in [-0.3, -0.25) is 4.79 Å². The number of imidazole rings is 1. The number of rotatable bonds is 11. The van der Waals surface area contributed by atoms with Crippen molar-refractivity contribution in [2.75, 3.05) is 19.8 Å². The summed E-state index contributed by atoms with van der Waals surface area (Å²) in [5.74, 6) is 1.98. The van der Waals surface area contributed by atoms with E-state index in [1.54, 1.807) is 0 Å². The first-order chi connectivity index (χ1) is 14.1. The average molecular weight is 396 g/mol. The minimum absolute atomic E-state index is 0.0435. The predicted octanol–water partition coefficient (Wildman–Crippen LogP) is 3.79. The molecular formula is C23H29N3O3. The van der Waals surface area contributed by atoms with Gasteiger partial charge in [0.2, 0.25) is 5.91 Å². The zero-order valence-corrected chi connectivity index (χ0v) is 17.1. The Hall–Kier alpha value is -2.86. The zero-order chi connectivity index (χ0) is 20.5. The Morgan fingerprint density at radius 1 is 1.10 bits per heavy atom. The molecule has 1 N–H and O–H groups in total. The lowest BCUT2D eigenvalue weighted by Gasteiger charge is -2.11. The average Bonchev–Trinajstić information content (AvgIpc) is 3.07. The van der Waals surface area contributed by atoms with Gasteiger partial charge in [0.1, 0.15) is 24.7 Å². The monoisotopic (exact) mass is 395 g/mol. The molecule has 0 aliphatic heterocycles. The summed E-state index contributed by atoms with van der Waals surface area (Å²) in [5, 5.41) is 2.97. The molecule has 0 saturated carbocycles. The van der Waals surface area contributed by atoms with Gasteiger partial charge in [0.05, 0.1) is 11.0 Å². The van der Waals surface area contributed by atoms with Crippen molar-refractivity contribution in [2.45, 2.75) is 33.4 Å². The third-order valence-electron chi connectivity index (χ3n) is 4.39. The van der Waals surface area contributed by atoms with Crippen LogP contribution < -0.4 is 10.1 Å². The van der Waals surface area contributed by atoms with Gasteiger partial charge in [-0.2, -0.15) is 0 Å². The van der Waals surface area contributed by atoms with E-state index in [2.05, 4.69) is 24.1 Å². The highest BCUT2D eigenvalue weighted by atomic mass is 16.5. The van der Waals surface area contributed by atoms with Gasteiger partial charge in [-0.1, -0.05) is 44.2 Å². The van der Waals surface area contributed by atoms with Crippen molar-refractivity contribution in [2.24, 2.45) is 5.92 Å². The molecular weight excluding hydrogens is 366 g/mol. The first-order valence-electron chi connectivity index (χ1n) is 10.1. The fourth-order valence-corrected chi connectivity index (χ4v) is 3.00. The smallest absolute Gasteiger partial charge is 0.240 e. The minimum Gasteiger partial charge on any atom is -0.486 e. The van der Waals surface area contributed by atoms with Gasteiger partial charge in [0.15, 0.2) is 0 Å². The standard InChI is InChI=1S/C23H29N3O3/c1-18(2)16-28-14-8-13-24-23(27)15-26-21-12-7-6-11-20(21)25-22(26)17-29-19-9-4-3-5-10-19/h3-7,9-12,18H,8,13-17H2,1-2H3,(H,24,27). The summed E-state index contributed by atoms with van der Waals surface area (Å²) in [6.45, 7) is 6.75. The number of aromatic nitrogens is 2. The fourth-order valence-electron chi connectivity index (χ4n) is 3.00. The Bertz CT molecular complexity index is 906. The van der Waals surface area contributed by atoms with Gasteiger partial charge >= 0.3 is 0 Å². The third kappa shape index (κ3) is 6.32. The van der Waals surface area contributed by atoms with E-state index in [4.69, 9.17) is 9.47 Å². The quantitative estimate of drug-likeness (QED) is 0.502. The largest absolute Gasteiger partial charge is 0.486 e. The maximum absolute atomic E-state index is 12.5. The molecule has 6 heteroatoms. The summed E-state index contributed by atoms with van der Waals surface area (Å²) in [4.78, 5) is 17.1. The van der Waals surface area contributed by atoms with Crippen molar-refractivity contribution in [3.63, 3.8) is 0 Å². The third-order valence-corrected chi connectivity index (χ3v) is 4.39. The van der Waals surface area contributed by atoms with E-state index in [9.17, 15) is 4.79 Å². The Balaban J connectivity index is 1.59. The van der Waals surface area contributed by atoms with Crippen molar-refractivity contribution in [3.05, 3.63) is 60.4 Å². The molecule has 0 fully saturated rings. The number of nitrogens with zero attached hydrogens (tertiary/aromatic N) is 2. The number of para-hydroxylation sites is 3. The number of amides is 1. The molecule has 3 rings (SSSR count).